The van der Waals surface area contributed by atoms with Crippen molar-refractivity contribution in [3.8, 4) is 0 Å². The Balaban J connectivity index is 1.67. The number of hydrogen-bond donors (Lipinski definition) is 0. The molecule has 1 amide bonds. The molecular formula is C26H27BrN2O3S. The van der Waals surface area contributed by atoms with Gasteiger partial charge in [-0.2, -0.15) is 4.31 Å². The van der Waals surface area contributed by atoms with E-state index >= 15 is 0 Å². The number of halogens is 1. The summed E-state index contributed by atoms with van der Waals surface area (Å²) in [5.74, 6) is -0.230. The summed E-state index contributed by atoms with van der Waals surface area (Å²) >= 11 is 3.49. The van der Waals surface area contributed by atoms with Crippen molar-refractivity contribution >= 4 is 37.5 Å². The number of sulfonamides is 1. The minimum Gasteiger partial charge on any atom is -0.308 e. The Hall–Kier alpha value is -2.48. The van der Waals surface area contributed by atoms with Crippen molar-refractivity contribution in [2.45, 2.75) is 44.7 Å². The topological polar surface area (TPSA) is 57.7 Å². The van der Waals surface area contributed by atoms with Gasteiger partial charge in [0, 0.05) is 22.7 Å². The van der Waals surface area contributed by atoms with Gasteiger partial charge in [-0.1, -0.05) is 63.5 Å². The Morgan fingerprint density at radius 3 is 2.24 bits per heavy atom. The quantitative estimate of drug-likeness (QED) is 0.441. The number of anilines is 1. The molecule has 3 aromatic carbocycles. The van der Waals surface area contributed by atoms with Gasteiger partial charge in [0.05, 0.1) is 11.4 Å². The van der Waals surface area contributed by atoms with E-state index in [-0.39, 0.29) is 29.9 Å². The van der Waals surface area contributed by atoms with Crippen LogP contribution in [0.5, 0.6) is 0 Å². The molecule has 5 nitrogen and oxygen atoms in total. The molecule has 172 valence electrons. The maximum atomic E-state index is 13.6. The van der Waals surface area contributed by atoms with Crippen molar-refractivity contribution in [3.05, 3.63) is 93.5 Å². The summed E-state index contributed by atoms with van der Waals surface area (Å²) < 4.78 is 29.4. The maximum Gasteiger partial charge on any atom is 0.243 e. The van der Waals surface area contributed by atoms with Gasteiger partial charge in [0.15, 0.2) is 0 Å². The van der Waals surface area contributed by atoms with Crippen molar-refractivity contribution in [2.24, 2.45) is 0 Å². The SMILES string of the molecule is Cc1ccc(CN(CC(=O)N2c3ccc(Br)cc3CC2C)S(=O)(=O)c2ccc(C)cc2)cc1. The van der Waals surface area contributed by atoms with Crippen molar-refractivity contribution in [2.75, 3.05) is 11.4 Å². The molecule has 0 radical (unpaired) electrons. The van der Waals surface area contributed by atoms with Gasteiger partial charge < -0.3 is 4.90 Å². The molecule has 1 unspecified atom stereocenters. The van der Waals surface area contributed by atoms with Crippen LogP contribution in [0.1, 0.15) is 29.2 Å². The van der Waals surface area contributed by atoms with Gasteiger partial charge in [0.2, 0.25) is 15.9 Å². The zero-order chi connectivity index (χ0) is 23.8. The third kappa shape index (κ3) is 5.05. The Morgan fingerprint density at radius 1 is 1.00 bits per heavy atom. The molecule has 1 aliphatic heterocycles. The molecule has 33 heavy (non-hydrogen) atoms. The molecule has 4 rings (SSSR count). The highest BCUT2D eigenvalue weighted by atomic mass is 79.9. The first-order chi connectivity index (χ1) is 15.6. The van der Waals surface area contributed by atoms with E-state index in [1.807, 2.05) is 63.2 Å². The first-order valence-electron chi connectivity index (χ1n) is 10.9. The molecule has 0 aromatic heterocycles. The monoisotopic (exact) mass is 526 g/mol. The molecule has 0 bridgehead atoms. The lowest BCUT2D eigenvalue weighted by Gasteiger charge is -2.27. The number of rotatable bonds is 6. The minimum absolute atomic E-state index is 0.0369. The zero-order valence-corrected chi connectivity index (χ0v) is 21.4. The van der Waals surface area contributed by atoms with Crippen molar-refractivity contribution in [1.29, 1.82) is 0 Å². The van der Waals surface area contributed by atoms with Crippen LogP contribution >= 0.6 is 15.9 Å². The summed E-state index contributed by atoms with van der Waals surface area (Å²) in [4.78, 5) is 15.4. The average molecular weight is 527 g/mol. The smallest absolute Gasteiger partial charge is 0.243 e. The van der Waals surface area contributed by atoms with E-state index in [0.717, 1.165) is 38.8 Å². The van der Waals surface area contributed by atoms with E-state index in [1.165, 1.54) is 4.31 Å². The molecule has 1 aliphatic rings. The van der Waals surface area contributed by atoms with Gasteiger partial charge in [-0.15, -0.1) is 0 Å². The first-order valence-corrected chi connectivity index (χ1v) is 13.1. The fourth-order valence-corrected chi connectivity index (χ4v) is 5.98. The van der Waals surface area contributed by atoms with Gasteiger partial charge in [-0.25, -0.2) is 8.42 Å². The van der Waals surface area contributed by atoms with Crippen LogP contribution in [0.2, 0.25) is 0 Å². The molecule has 1 atom stereocenters. The van der Waals surface area contributed by atoms with Crippen LogP contribution in [-0.4, -0.2) is 31.2 Å². The zero-order valence-electron chi connectivity index (χ0n) is 19.0. The predicted octanol–water partition coefficient (Wildman–Crippen LogP) is 5.23. The molecule has 1 heterocycles. The number of aryl methyl sites for hydroxylation is 2. The maximum absolute atomic E-state index is 13.6. The first kappa shape index (κ1) is 23.7. The number of carbonyl (C=O) groups excluding carboxylic acids is 1. The molecular weight excluding hydrogens is 500 g/mol. The van der Waals surface area contributed by atoms with Crippen LogP contribution in [-0.2, 0) is 27.8 Å². The molecule has 0 fully saturated rings. The minimum atomic E-state index is -3.87. The molecule has 0 N–H and O–H groups in total. The fraction of sp³-hybridized carbons (Fsp3) is 0.269. The standard InChI is InChI=1S/C26H27BrN2O3S/c1-18-4-8-21(9-5-18)16-28(33(31,32)24-11-6-19(2)7-12-24)17-26(30)29-20(3)14-22-15-23(27)10-13-25(22)29/h4-13,15,20H,14,16-17H2,1-3H3. The van der Waals surface area contributed by atoms with Gasteiger partial charge in [-0.3, -0.25) is 4.79 Å². The summed E-state index contributed by atoms with van der Waals surface area (Å²) in [6, 6.07) is 20.3. The van der Waals surface area contributed by atoms with Crippen molar-refractivity contribution < 1.29 is 13.2 Å². The number of nitrogens with zero attached hydrogens (tertiary/aromatic N) is 2. The van der Waals surface area contributed by atoms with Crippen LogP contribution in [0.3, 0.4) is 0 Å². The van der Waals surface area contributed by atoms with E-state index in [2.05, 4.69) is 15.9 Å². The number of hydrogen-bond acceptors (Lipinski definition) is 3. The third-order valence-electron chi connectivity index (χ3n) is 5.98. The highest BCUT2D eigenvalue weighted by Crippen LogP contribution is 2.34. The highest BCUT2D eigenvalue weighted by molar-refractivity contribution is 9.10. The van der Waals surface area contributed by atoms with Crippen molar-refractivity contribution in [3.63, 3.8) is 0 Å². The summed E-state index contributed by atoms with van der Waals surface area (Å²) in [6.07, 6.45) is 0.739. The van der Waals surface area contributed by atoms with Gasteiger partial charge in [-0.05, 0) is 68.7 Å². The highest BCUT2D eigenvalue weighted by Gasteiger charge is 2.34. The second kappa shape index (κ2) is 9.41. The summed E-state index contributed by atoms with van der Waals surface area (Å²) in [7, 11) is -3.87. The van der Waals surface area contributed by atoms with E-state index in [4.69, 9.17) is 0 Å². The Morgan fingerprint density at radius 2 is 1.61 bits per heavy atom. The van der Waals surface area contributed by atoms with Crippen LogP contribution in [0.25, 0.3) is 0 Å². The number of benzene rings is 3. The van der Waals surface area contributed by atoms with E-state index < -0.39 is 10.0 Å². The Bertz CT molecular complexity index is 1270. The third-order valence-corrected chi connectivity index (χ3v) is 8.27. The molecule has 3 aromatic rings. The number of fused-ring (bicyclic) bond motifs is 1. The van der Waals surface area contributed by atoms with Gasteiger partial charge in [0.25, 0.3) is 0 Å². The average Bonchev–Trinajstić information content (AvgIpc) is 3.09. The number of amides is 1. The summed E-state index contributed by atoms with van der Waals surface area (Å²) in [5.41, 5.74) is 4.83. The molecule has 0 saturated carbocycles. The van der Waals surface area contributed by atoms with E-state index in [1.54, 1.807) is 29.2 Å². The molecule has 0 spiro atoms. The van der Waals surface area contributed by atoms with E-state index in [0.29, 0.717) is 0 Å². The van der Waals surface area contributed by atoms with Crippen molar-refractivity contribution in [1.82, 2.24) is 4.31 Å². The normalized spacial score (nSPS) is 15.7. The molecule has 0 aliphatic carbocycles. The van der Waals surface area contributed by atoms with Gasteiger partial charge >= 0.3 is 0 Å². The lowest BCUT2D eigenvalue weighted by Crippen LogP contribution is -2.44. The van der Waals surface area contributed by atoms with Crippen LogP contribution in [0, 0.1) is 13.8 Å². The second-order valence-corrected chi connectivity index (χ2v) is 11.5. The Kier molecular flexibility index (Phi) is 6.75. The summed E-state index contributed by atoms with van der Waals surface area (Å²) in [5, 5.41) is 0. The van der Waals surface area contributed by atoms with Crippen LogP contribution < -0.4 is 4.90 Å². The molecule has 7 heteroatoms. The van der Waals surface area contributed by atoms with Crippen LogP contribution in [0.15, 0.2) is 76.1 Å². The lowest BCUT2D eigenvalue weighted by molar-refractivity contribution is -0.119. The Labute approximate surface area is 204 Å². The fourth-order valence-electron chi connectivity index (χ4n) is 4.19. The second-order valence-electron chi connectivity index (χ2n) is 8.66. The largest absolute Gasteiger partial charge is 0.308 e. The van der Waals surface area contributed by atoms with E-state index in [9.17, 15) is 13.2 Å². The van der Waals surface area contributed by atoms with Gasteiger partial charge in [0.1, 0.15) is 0 Å². The predicted molar refractivity (Wildman–Crippen MR) is 135 cm³/mol. The molecule has 0 saturated heterocycles. The number of carbonyl (C=O) groups is 1. The van der Waals surface area contributed by atoms with Crippen LogP contribution in [0.4, 0.5) is 5.69 Å². The lowest BCUT2D eigenvalue weighted by atomic mass is 10.1. The summed E-state index contributed by atoms with van der Waals surface area (Å²) in [6.45, 7) is 5.78.